The van der Waals surface area contributed by atoms with E-state index in [2.05, 4.69) is 9.88 Å². The van der Waals surface area contributed by atoms with Crippen molar-refractivity contribution in [3.8, 4) is 0 Å². The Kier molecular flexibility index (Phi) is 5.09. The lowest BCUT2D eigenvalue weighted by Gasteiger charge is -2.36. The molecule has 110 valence electrons. The Morgan fingerprint density at radius 2 is 1.85 bits per heavy atom. The summed E-state index contributed by atoms with van der Waals surface area (Å²) in [5, 5.41) is 0. The van der Waals surface area contributed by atoms with Crippen molar-refractivity contribution in [1.82, 2.24) is 14.8 Å². The summed E-state index contributed by atoms with van der Waals surface area (Å²) in [6, 6.07) is 3.99. The minimum atomic E-state index is -0.0956. The molecule has 5 heteroatoms. The highest BCUT2D eigenvalue weighted by Gasteiger charge is 2.26. The van der Waals surface area contributed by atoms with Crippen molar-refractivity contribution in [1.29, 1.82) is 0 Å². The van der Waals surface area contributed by atoms with E-state index in [-0.39, 0.29) is 17.9 Å². The standard InChI is InChI=1S/C15H24N4O/c1-12(13(2)16)15(20)19-9-7-18(8-10-19)11-14-3-5-17-6-4-14/h3-6,12-13H,7-11,16H2,1-2H3. The van der Waals surface area contributed by atoms with Crippen LogP contribution >= 0.6 is 0 Å². The summed E-state index contributed by atoms with van der Waals surface area (Å²) in [6.07, 6.45) is 3.64. The van der Waals surface area contributed by atoms with Gasteiger partial charge in [0.25, 0.3) is 0 Å². The summed E-state index contributed by atoms with van der Waals surface area (Å²) in [4.78, 5) is 20.6. The Morgan fingerprint density at radius 3 is 2.40 bits per heavy atom. The Labute approximate surface area is 120 Å². The average molecular weight is 276 g/mol. The van der Waals surface area contributed by atoms with Crippen LogP contribution in [0.5, 0.6) is 0 Å². The lowest BCUT2D eigenvalue weighted by molar-refractivity contribution is -0.137. The number of carbonyl (C=O) groups is 1. The minimum Gasteiger partial charge on any atom is -0.340 e. The van der Waals surface area contributed by atoms with Crippen LogP contribution in [0.25, 0.3) is 0 Å². The molecule has 0 saturated carbocycles. The van der Waals surface area contributed by atoms with Crippen LogP contribution in [0, 0.1) is 5.92 Å². The van der Waals surface area contributed by atoms with Gasteiger partial charge in [-0.3, -0.25) is 14.7 Å². The van der Waals surface area contributed by atoms with E-state index in [0.29, 0.717) is 0 Å². The van der Waals surface area contributed by atoms with Gasteiger partial charge >= 0.3 is 0 Å². The van der Waals surface area contributed by atoms with E-state index in [1.54, 1.807) is 0 Å². The fourth-order valence-electron chi connectivity index (χ4n) is 2.39. The van der Waals surface area contributed by atoms with Crippen LogP contribution in [0.1, 0.15) is 19.4 Å². The molecule has 1 saturated heterocycles. The molecule has 0 aromatic carbocycles. The number of aromatic nitrogens is 1. The molecule has 1 fully saturated rings. The molecule has 2 atom stereocenters. The van der Waals surface area contributed by atoms with Gasteiger partial charge in [-0.2, -0.15) is 0 Å². The summed E-state index contributed by atoms with van der Waals surface area (Å²) in [5.41, 5.74) is 7.08. The highest BCUT2D eigenvalue weighted by Crippen LogP contribution is 2.11. The van der Waals surface area contributed by atoms with E-state index >= 15 is 0 Å². The van der Waals surface area contributed by atoms with E-state index in [1.165, 1.54) is 5.56 Å². The molecule has 2 unspecified atom stereocenters. The smallest absolute Gasteiger partial charge is 0.227 e. The second kappa shape index (κ2) is 6.81. The maximum Gasteiger partial charge on any atom is 0.227 e. The minimum absolute atomic E-state index is 0.0858. The van der Waals surface area contributed by atoms with Crippen molar-refractivity contribution in [2.75, 3.05) is 26.2 Å². The fraction of sp³-hybridized carbons (Fsp3) is 0.600. The number of hydrogen-bond donors (Lipinski definition) is 1. The Hall–Kier alpha value is -1.46. The lowest BCUT2D eigenvalue weighted by Crippen LogP contribution is -2.51. The first kappa shape index (κ1) is 14.9. The van der Waals surface area contributed by atoms with Gasteiger partial charge in [-0.05, 0) is 24.6 Å². The van der Waals surface area contributed by atoms with Gasteiger partial charge in [0.05, 0.1) is 5.92 Å². The predicted molar refractivity (Wildman–Crippen MR) is 78.9 cm³/mol. The van der Waals surface area contributed by atoms with E-state index in [9.17, 15) is 4.79 Å². The van der Waals surface area contributed by atoms with Crippen LogP contribution in [0.3, 0.4) is 0 Å². The molecule has 2 rings (SSSR count). The molecule has 1 aliphatic rings. The van der Waals surface area contributed by atoms with Gasteiger partial charge < -0.3 is 10.6 Å². The van der Waals surface area contributed by atoms with Crippen molar-refractivity contribution < 1.29 is 4.79 Å². The third kappa shape index (κ3) is 3.77. The van der Waals surface area contributed by atoms with Gasteiger partial charge in [0.2, 0.25) is 5.91 Å². The van der Waals surface area contributed by atoms with E-state index in [1.807, 2.05) is 43.3 Å². The highest BCUT2D eigenvalue weighted by molar-refractivity contribution is 5.79. The van der Waals surface area contributed by atoms with Crippen LogP contribution in [0.15, 0.2) is 24.5 Å². The number of pyridine rings is 1. The molecule has 1 amide bonds. The van der Waals surface area contributed by atoms with Crippen molar-refractivity contribution in [3.05, 3.63) is 30.1 Å². The zero-order chi connectivity index (χ0) is 14.5. The number of hydrogen-bond acceptors (Lipinski definition) is 4. The van der Waals surface area contributed by atoms with E-state index < -0.39 is 0 Å². The maximum absolute atomic E-state index is 12.2. The fourth-order valence-corrected chi connectivity index (χ4v) is 2.39. The van der Waals surface area contributed by atoms with Gasteiger partial charge in [0, 0.05) is 51.2 Å². The van der Waals surface area contributed by atoms with Crippen LogP contribution in [0.2, 0.25) is 0 Å². The molecule has 2 N–H and O–H groups in total. The van der Waals surface area contributed by atoms with Gasteiger partial charge in [0.15, 0.2) is 0 Å². The normalized spacial score (nSPS) is 19.6. The molecule has 1 aliphatic heterocycles. The molecular weight excluding hydrogens is 252 g/mol. The number of carbonyl (C=O) groups excluding carboxylic acids is 1. The summed E-state index contributed by atoms with van der Waals surface area (Å²) in [6.45, 7) is 8.15. The monoisotopic (exact) mass is 276 g/mol. The molecule has 1 aromatic heterocycles. The zero-order valence-electron chi connectivity index (χ0n) is 12.3. The number of piperazine rings is 1. The maximum atomic E-state index is 12.2. The third-order valence-corrected chi connectivity index (χ3v) is 4.02. The van der Waals surface area contributed by atoms with E-state index in [4.69, 9.17) is 5.73 Å². The van der Waals surface area contributed by atoms with Crippen molar-refractivity contribution in [2.24, 2.45) is 11.7 Å². The molecule has 5 nitrogen and oxygen atoms in total. The quantitative estimate of drug-likeness (QED) is 0.880. The largest absolute Gasteiger partial charge is 0.340 e. The van der Waals surface area contributed by atoms with Gasteiger partial charge in [-0.15, -0.1) is 0 Å². The van der Waals surface area contributed by atoms with Crippen LogP contribution in [0.4, 0.5) is 0 Å². The summed E-state index contributed by atoms with van der Waals surface area (Å²) < 4.78 is 0. The van der Waals surface area contributed by atoms with Crippen molar-refractivity contribution in [2.45, 2.75) is 26.4 Å². The van der Waals surface area contributed by atoms with Gasteiger partial charge in [-0.25, -0.2) is 0 Å². The van der Waals surface area contributed by atoms with Crippen LogP contribution in [-0.2, 0) is 11.3 Å². The molecule has 0 aliphatic carbocycles. The summed E-state index contributed by atoms with van der Waals surface area (Å²) in [7, 11) is 0. The Bertz CT molecular complexity index is 427. The predicted octanol–water partition coefficient (Wildman–Crippen LogP) is 0.709. The second-order valence-electron chi connectivity index (χ2n) is 5.60. The third-order valence-electron chi connectivity index (χ3n) is 4.02. The van der Waals surface area contributed by atoms with Gasteiger partial charge in [-0.1, -0.05) is 6.92 Å². The number of amides is 1. The highest BCUT2D eigenvalue weighted by atomic mass is 16.2. The summed E-state index contributed by atoms with van der Waals surface area (Å²) in [5.74, 6) is 0.0882. The number of rotatable bonds is 4. The SMILES string of the molecule is CC(N)C(C)C(=O)N1CCN(Cc2ccncc2)CC1. The molecule has 2 heterocycles. The zero-order valence-corrected chi connectivity index (χ0v) is 12.3. The van der Waals surface area contributed by atoms with Crippen LogP contribution in [-0.4, -0.2) is 52.9 Å². The van der Waals surface area contributed by atoms with E-state index in [0.717, 1.165) is 32.7 Å². The Balaban J connectivity index is 1.82. The number of nitrogens with zero attached hydrogens (tertiary/aromatic N) is 3. The molecule has 20 heavy (non-hydrogen) atoms. The first-order chi connectivity index (χ1) is 9.58. The van der Waals surface area contributed by atoms with Gasteiger partial charge in [0.1, 0.15) is 0 Å². The number of nitrogens with two attached hydrogens (primary N) is 1. The molecule has 0 radical (unpaired) electrons. The average Bonchev–Trinajstić information content (AvgIpc) is 2.47. The lowest BCUT2D eigenvalue weighted by atomic mass is 10.0. The van der Waals surface area contributed by atoms with Crippen molar-refractivity contribution in [3.63, 3.8) is 0 Å². The summed E-state index contributed by atoms with van der Waals surface area (Å²) >= 11 is 0. The second-order valence-corrected chi connectivity index (χ2v) is 5.60. The topological polar surface area (TPSA) is 62.5 Å². The molecule has 0 spiro atoms. The Morgan fingerprint density at radius 1 is 1.25 bits per heavy atom. The molecular formula is C15H24N4O. The molecule has 0 bridgehead atoms. The van der Waals surface area contributed by atoms with Crippen molar-refractivity contribution >= 4 is 5.91 Å². The molecule has 1 aromatic rings. The first-order valence-corrected chi connectivity index (χ1v) is 7.23. The van der Waals surface area contributed by atoms with Crippen LogP contribution < -0.4 is 5.73 Å². The first-order valence-electron chi connectivity index (χ1n) is 7.23.